The molecule has 3 rings (SSSR count). The normalized spacial score (nSPS) is 16.1. The second-order valence-electron chi connectivity index (χ2n) is 4.43. The highest BCUT2D eigenvalue weighted by Crippen LogP contribution is 2.23. The number of benzene rings is 1. The molecule has 0 N–H and O–H groups in total. The molecule has 0 spiro atoms. The maximum absolute atomic E-state index is 12.0. The van der Waals surface area contributed by atoms with Crippen LogP contribution < -0.4 is 10.3 Å². The summed E-state index contributed by atoms with van der Waals surface area (Å²) < 4.78 is 17.9. The third kappa shape index (κ3) is 2.34. The molecule has 1 aliphatic rings. The summed E-state index contributed by atoms with van der Waals surface area (Å²) >= 11 is 0. The van der Waals surface area contributed by atoms with Crippen molar-refractivity contribution < 1.29 is 14.2 Å². The van der Waals surface area contributed by atoms with Crippen LogP contribution >= 0.6 is 0 Å². The molecule has 0 atom stereocenters. The topological polar surface area (TPSA) is 49.7 Å². The molecule has 2 heterocycles. The number of fused-ring (bicyclic) bond motifs is 1. The molecular formula is C14H15NO4. The molecule has 1 aliphatic heterocycles. The fourth-order valence-electron chi connectivity index (χ4n) is 2.13. The molecule has 1 aromatic heterocycles. The monoisotopic (exact) mass is 261 g/mol. The zero-order chi connectivity index (χ0) is 13.2. The Morgan fingerprint density at radius 3 is 2.84 bits per heavy atom. The van der Waals surface area contributed by atoms with E-state index in [1.54, 1.807) is 23.9 Å². The summed E-state index contributed by atoms with van der Waals surface area (Å²) in [5, 5.41) is 1.46. The fraction of sp³-hybridized carbons (Fsp3) is 0.357. The second kappa shape index (κ2) is 5.03. The highest BCUT2D eigenvalue weighted by Gasteiger charge is 2.17. The number of hydrogen-bond acceptors (Lipinski definition) is 4. The number of rotatable bonds is 3. The van der Waals surface area contributed by atoms with Gasteiger partial charge in [0, 0.05) is 18.6 Å². The van der Waals surface area contributed by atoms with Crippen LogP contribution in [0.1, 0.15) is 0 Å². The molecule has 0 radical (unpaired) electrons. The Hall–Kier alpha value is -1.85. The van der Waals surface area contributed by atoms with Gasteiger partial charge in [-0.2, -0.15) is 0 Å². The van der Waals surface area contributed by atoms with Crippen molar-refractivity contribution in [3.63, 3.8) is 0 Å². The Bertz CT molecular complexity index is 643. The van der Waals surface area contributed by atoms with Gasteiger partial charge in [-0.3, -0.25) is 4.79 Å². The third-order valence-electron chi connectivity index (χ3n) is 3.15. The van der Waals surface area contributed by atoms with Crippen molar-refractivity contribution in [1.29, 1.82) is 0 Å². The van der Waals surface area contributed by atoms with Gasteiger partial charge in [0.2, 0.25) is 0 Å². The molecule has 0 aliphatic carbocycles. The lowest BCUT2D eigenvalue weighted by Gasteiger charge is -2.13. The lowest BCUT2D eigenvalue weighted by molar-refractivity contribution is -0.0681. The van der Waals surface area contributed by atoms with Crippen LogP contribution in [-0.2, 0) is 16.5 Å². The highest BCUT2D eigenvalue weighted by molar-refractivity contribution is 5.87. The molecule has 5 nitrogen and oxygen atoms in total. The third-order valence-corrected chi connectivity index (χ3v) is 3.15. The van der Waals surface area contributed by atoms with E-state index in [0.717, 1.165) is 5.39 Å². The fourth-order valence-corrected chi connectivity index (χ4v) is 2.13. The van der Waals surface area contributed by atoms with E-state index in [4.69, 9.17) is 14.2 Å². The van der Waals surface area contributed by atoms with Gasteiger partial charge in [-0.1, -0.05) is 6.07 Å². The molecule has 2 aromatic rings. The average molecular weight is 261 g/mol. The summed E-state index contributed by atoms with van der Waals surface area (Å²) in [6, 6.07) is 7.33. The van der Waals surface area contributed by atoms with Crippen molar-refractivity contribution >= 4 is 10.8 Å². The molecule has 0 amide bonds. The van der Waals surface area contributed by atoms with Crippen LogP contribution in [0.2, 0.25) is 0 Å². The molecule has 19 heavy (non-hydrogen) atoms. The molecule has 1 aromatic carbocycles. The molecule has 1 saturated heterocycles. The van der Waals surface area contributed by atoms with E-state index in [1.165, 1.54) is 0 Å². The van der Waals surface area contributed by atoms with Gasteiger partial charge in [-0.25, -0.2) is 0 Å². The standard InChI is InChI=1S/C14H15NO4/c1-15-6-5-10-11(14(15)16)3-2-4-12(10)19-9-13-17-7-8-18-13/h2-6,13H,7-9H2,1H3. The number of nitrogens with zero attached hydrogens (tertiary/aromatic N) is 1. The molecule has 0 unspecified atom stereocenters. The smallest absolute Gasteiger partial charge is 0.258 e. The Morgan fingerprint density at radius 2 is 2.05 bits per heavy atom. The largest absolute Gasteiger partial charge is 0.488 e. The lowest BCUT2D eigenvalue weighted by atomic mass is 10.1. The average Bonchev–Trinajstić information content (AvgIpc) is 2.94. The highest BCUT2D eigenvalue weighted by atomic mass is 16.7. The Morgan fingerprint density at radius 1 is 1.26 bits per heavy atom. The SMILES string of the molecule is Cn1ccc2c(OCC3OCCO3)cccc2c1=O. The van der Waals surface area contributed by atoms with Gasteiger partial charge in [-0.15, -0.1) is 0 Å². The van der Waals surface area contributed by atoms with Crippen LogP contribution in [0.25, 0.3) is 10.8 Å². The van der Waals surface area contributed by atoms with Crippen molar-refractivity contribution in [2.24, 2.45) is 7.05 Å². The zero-order valence-corrected chi connectivity index (χ0v) is 10.7. The minimum absolute atomic E-state index is 0.0312. The van der Waals surface area contributed by atoms with E-state index in [9.17, 15) is 4.79 Å². The van der Waals surface area contributed by atoms with E-state index >= 15 is 0 Å². The minimum Gasteiger partial charge on any atom is -0.488 e. The zero-order valence-electron chi connectivity index (χ0n) is 10.7. The van der Waals surface area contributed by atoms with Gasteiger partial charge in [0.25, 0.3) is 5.56 Å². The Labute approximate surface area is 110 Å². The van der Waals surface area contributed by atoms with Crippen LogP contribution in [-0.4, -0.2) is 30.7 Å². The van der Waals surface area contributed by atoms with E-state index in [-0.39, 0.29) is 11.8 Å². The first-order valence-electron chi connectivity index (χ1n) is 6.20. The van der Waals surface area contributed by atoms with Gasteiger partial charge in [0.05, 0.1) is 18.6 Å². The summed E-state index contributed by atoms with van der Waals surface area (Å²) in [5.74, 6) is 0.675. The summed E-state index contributed by atoms with van der Waals surface area (Å²) in [6.07, 6.45) is 1.42. The number of aryl methyl sites for hydroxylation is 1. The Kier molecular flexibility index (Phi) is 3.23. The quantitative estimate of drug-likeness (QED) is 0.835. The summed E-state index contributed by atoms with van der Waals surface area (Å²) in [5.41, 5.74) is -0.0312. The van der Waals surface area contributed by atoms with Gasteiger partial charge in [-0.05, 0) is 18.2 Å². The minimum atomic E-state index is -0.318. The van der Waals surface area contributed by atoms with E-state index < -0.39 is 0 Å². The van der Waals surface area contributed by atoms with Crippen LogP contribution in [0, 0.1) is 0 Å². The van der Waals surface area contributed by atoms with Crippen molar-refractivity contribution in [1.82, 2.24) is 4.57 Å². The lowest BCUT2D eigenvalue weighted by Crippen LogP contribution is -2.19. The van der Waals surface area contributed by atoms with Crippen molar-refractivity contribution in [3.8, 4) is 5.75 Å². The van der Waals surface area contributed by atoms with E-state index in [2.05, 4.69) is 0 Å². The van der Waals surface area contributed by atoms with Gasteiger partial charge < -0.3 is 18.8 Å². The van der Waals surface area contributed by atoms with Crippen LogP contribution in [0.3, 0.4) is 0 Å². The Balaban J connectivity index is 1.90. The summed E-state index contributed by atoms with van der Waals surface area (Å²) in [7, 11) is 1.73. The van der Waals surface area contributed by atoms with Crippen molar-refractivity contribution in [2.75, 3.05) is 19.8 Å². The predicted molar refractivity (Wildman–Crippen MR) is 70.4 cm³/mol. The van der Waals surface area contributed by atoms with Crippen LogP contribution in [0.15, 0.2) is 35.3 Å². The van der Waals surface area contributed by atoms with Crippen molar-refractivity contribution in [3.05, 3.63) is 40.8 Å². The number of hydrogen-bond donors (Lipinski definition) is 0. The molecule has 1 fully saturated rings. The molecule has 100 valence electrons. The first-order chi connectivity index (χ1) is 9.25. The molecule has 0 bridgehead atoms. The first kappa shape index (κ1) is 12.2. The number of pyridine rings is 1. The molecular weight excluding hydrogens is 246 g/mol. The maximum atomic E-state index is 12.0. The first-order valence-corrected chi connectivity index (χ1v) is 6.20. The number of ether oxygens (including phenoxy) is 3. The van der Waals surface area contributed by atoms with Gasteiger partial charge >= 0.3 is 0 Å². The van der Waals surface area contributed by atoms with Crippen LogP contribution in [0.4, 0.5) is 0 Å². The van der Waals surface area contributed by atoms with E-state index in [1.807, 2.05) is 18.2 Å². The maximum Gasteiger partial charge on any atom is 0.258 e. The van der Waals surface area contributed by atoms with Crippen molar-refractivity contribution in [2.45, 2.75) is 6.29 Å². The molecule has 5 heteroatoms. The number of aromatic nitrogens is 1. The van der Waals surface area contributed by atoms with Gasteiger partial charge in [0.1, 0.15) is 12.4 Å². The van der Waals surface area contributed by atoms with Crippen LogP contribution in [0.5, 0.6) is 5.75 Å². The van der Waals surface area contributed by atoms with Gasteiger partial charge in [0.15, 0.2) is 6.29 Å². The summed E-state index contributed by atoms with van der Waals surface area (Å²) in [4.78, 5) is 12.0. The summed E-state index contributed by atoms with van der Waals surface area (Å²) in [6.45, 7) is 1.53. The van der Waals surface area contributed by atoms with E-state index in [0.29, 0.717) is 31.0 Å². The predicted octanol–water partition coefficient (Wildman–Crippen LogP) is 1.29. The molecule has 0 saturated carbocycles. The second-order valence-corrected chi connectivity index (χ2v) is 4.43.